The van der Waals surface area contributed by atoms with Crippen molar-refractivity contribution in [3.05, 3.63) is 34.9 Å². The molecule has 1 aliphatic rings. The number of ether oxygens (including phenoxy) is 1. The molecule has 1 aromatic carbocycles. The first-order chi connectivity index (χ1) is 9.10. The molecule has 19 heavy (non-hydrogen) atoms. The lowest BCUT2D eigenvalue weighted by molar-refractivity contribution is 0.139. The van der Waals surface area contributed by atoms with Gasteiger partial charge in [-0.05, 0) is 32.3 Å². The van der Waals surface area contributed by atoms with Crippen LogP contribution in [0.4, 0.5) is 0 Å². The van der Waals surface area contributed by atoms with Gasteiger partial charge in [-0.3, -0.25) is 4.90 Å². The Balaban J connectivity index is 1.99. The van der Waals surface area contributed by atoms with Crippen LogP contribution in [0.5, 0.6) is 0 Å². The van der Waals surface area contributed by atoms with Gasteiger partial charge in [0.05, 0.1) is 6.61 Å². The second-order valence-corrected chi connectivity index (χ2v) is 5.75. The van der Waals surface area contributed by atoms with Crippen molar-refractivity contribution in [2.45, 2.75) is 38.8 Å². The molecule has 0 bridgehead atoms. The third kappa shape index (κ3) is 4.30. The number of aryl methyl sites for hydroxylation is 2. The fraction of sp³-hybridized carbons (Fsp3) is 0.625. The van der Waals surface area contributed by atoms with E-state index in [0.29, 0.717) is 0 Å². The normalized spacial score (nSPS) is 16.9. The molecule has 2 N–H and O–H groups in total. The van der Waals surface area contributed by atoms with Gasteiger partial charge in [-0.2, -0.15) is 0 Å². The molecule has 0 aliphatic heterocycles. The highest BCUT2D eigenvalue weighted by atomic mass is 16.5. The van der Waals surface area contributed by atoms with E-state index in [4.69, 9.17) is 10.5 Å². The Hall–Kier alpha value is -0.900. The Morgan fingerprint density at radius 3 is 2.42 bits per heavy atom. The summed E-state index contributed by atoms with van der Waals surface area (Å²) in [7, 11) is 1.76. The van der Waals surface area contributed by atoms with Crippen molar-refractivity contribution in [1.82, 2.24) is 4.90 Å². The summed E-state index contributed by atoms with van der Waals surface area (Å²) >= 11 is 0. The molecule has 1 aliphatic carbocycles. The molecule has 1 saturated carbocycles. The summed E-state index contributed by atoms with van der Waals surface area (Å²) in [5.41, 5.74) is 10.2. The van der Waals surface area contributed by atoms with Gasteiger partial charge in [0.15, 0.2) is 0 Å². The second-order valence-electron chi connectivity index (χ2n) is 5.75. The van der Waals surface area contributed by atoms with E-state index in [-0.39, 0.29) is 6.04 Å². The summed E-state index contributed by atoms with van der Waals surface area (Å²) in [6, 6.07) is 7.43. The molecular weight excluding hydrogens is 236 g/mol. The highest BCUT2D eigenvalue weighted by molar-refractivity contribution is 5.30. The van der Waals surface area contributed by atoms with E-state index < -0.39 is 0 Å². The largest absolute Gasteiger partial charge is 0.383 e. The number of hydrogen-bond acceptors (Lipinski definition) is 3. The van der Waals surface area contributed by atoms with E-state index >= 15 is 0 Å². The minimum Gasteiger partial charge on any atom is -0.383 e. The Bertz CT molecular complexity index is 395. The number of rotatable bonds is 7. The maximum absolute atomic E-state index is 6.39. The molecule has 0 saturated heterocycles. The van der Waals surface area contributed by atoms with Crippen LogP contribution in [0.3, 0.4) is 0 Å². The van der Waals surface area contributed by atoms with Gasteiger partial charge in [0.1, 0.15) is 0 Å². The first kappa shape index (κ1) is 14.5. The molecule has 0 amide bonds. The van der Waals surface area contributed by atoms with E-state index in [1.54, 1.807) is 7.11 Å². The van der Waals surface area contributed by atoms with E-state index in [1.165, 1.54) is 29.5 Å². The average molecular weight is 262 g/mol. The van der Waals surface area contributed by atoms with E-state index in [0.717, 1.165) is 25.7 Å². The molecule has 0 aromatic heterocycles. The number of hydrogen-bond donors (Lipinski definition) is 1. The first-order valence-corrected chi connectivity index (χ1v) is 7.17. The van der Waals surface area contributed by atoms with Crippen LogP contribution in [-0.4, -0.2) is 37.7 Å². The van der Waals surface area contributed by atoms with Gasteiger partial charge in [-0.15, -0.1) is 0 Å². The van der Waals surface area contributed by atoms with Crippen molar-refractivity contribution in [2.24, 2.45) is 5.73 Å². The van der Waals surface area contributed by atoms with Crippen LogP contribution in [-0.2, 0) is 4.74 Å². The highest BCUT2D eigenvalue weighted by Crippen LogP contribution is 2.28. The zero-order chi connectivity index (χ0) is 13.8. The van der Waals surface area contributed by atoms with Gasteiger partial charge >= 0.3 is 0 Å². The highest BCUT2D eigenvalue weighted by Gasteiger charge is 2.29. The summed E-state index contributed by atoms with van der Waals surface area (Å²) in [6.07, 6.45) is 2.62. The maximum Gasteiger partial charge on any atom is 0.0589 e. The van der Waals surface area contributed by atoms with Gasteiger partial charge in [-0.1, -0.05) is 29.3 Å². The lowest BCUT2D eigenvalue weighted by Crippen LogP contribution is -2.36. The van der Waals surface area contributed by atoms with Crippen LogP contribution >= 0.6 is 0 Å². The predicted molar refractivity (Wildman–Crippen MR) is 79.3 cm³/mol. The summed E-state index contributed by atoms with van der Waals surface area (Å²) < 4.78 is 5.19. The monoisotopic (exact) mass is 262 g/mol. The Morgan fingerprint density at radius 1 is 1.26 bits per heavy atom. The van der Waals surface area contributed by atoms with Crippen LogP contribution in [0.15, 0.2) is 18.2 Å². The minimum atomic E-state index is 0.0936. The summed E-state index contributed by atoms with van der Waals surface area (Å²) in [5, 5.41) is 0. The maximum atomic E-state index is 6.39. The van der Waals surface area contributed by atoms with Gasteiger partial charge in [0, 0.05) is 32.3 Å². The third-order valence-electron chi connectivity index (χ3n) is 3.75. The summed E-state index contributed by atoms with van der Waals surface area (Å²) in [4.78, 5) is 2.48. The lowest BCUT2D eigenvalue weighted by Gasteiger charge is -2.25. The van der Waals surface area contributed by atoms with E-state index in [1.807, 2.05) is 0 Å². The Morgan fingerprint density at radius 2 is 1.89 bits per heavy atom. The smallest absolute Gasteiger partial charge is 0.0589 e. The second kappa shape index (κ2) is 6.51. The van der Waals surface area contributed by atoms with Gasteiger partial charge < -0.3 is 10.5 Å². The third-order valence-corrected chi connectivity index (χ3v) is 3.75. The topological polar surface area (TPSA) is 38.5 Å². The average Bonchev–Trinajstić information content (AvgIpc) is 3.17. The van der Waals surface area contributed by atoms with Gasteiger partial charge in [-0.25, -0.2) is 0 Å². The quantitative estimate of drug-likeness (QED) is 0.820. The van der Waals surface area contributed by atoms with E-state index in [2.05, 4.69) is 36.9 Å². The molecule has 1 aromatic rings. The number of benzene rings is 1. The lowest BCUT2D eigenvalue weighted by atomic mass is 10.0. The van der Waals surface area contributed by atoms with Crippen molar-refractivity contribution in [2.75, 3.05) is 26.8 Å². The van der Waals surface area contributed by atoms with Crippen molar-refractivity contribution >= 4 is 0 Å². The fourth-order valence-electron chi connectivity index (χ4n) is 2.65. The Kier molecular flexibility index (Phi) is 4.97. The van der Waals surface area contributed by atoms with E-state index in [9.17, 15) is 0 Å². The molecule has 1 unspecified atom stereocenters. The van der Waals surface area contributed by atoms with Crippen LogP contribution in [0.2, 0.25) is 0 Å². The zero-order valence-corrected chi connectivity index (χ0v) is 12.4. The molecule has 106 valence electrons. The fourth-order valence-corrected chi connectivity index (χ4v) is 2.65. The molecule has 0 heterocycles. The zero-order valence-electron chi connectivity index (χ0n) is 12.4. The van der Waals surface area contributed by atoms with Crippen LogP contribution in [0.25, 0.3) is 0 Å². The van der Waals surface area contributed by atoms with Crippen molar-refractivity contribution in [3.63, 3.8) is 0 Å². The standard InChI is InChI=1S/C16H26N2O/c1-12-8-13(2)10-14(9-12)16(17)11-18(6-7-19-3)15-4-5-15/h8-10,15-16H,4-7,11,17H2,1-3H3. The molecule has 2 rings (SSSR count). The molecule has 0 radical (unpaired) electrons. The first-order valence-electron chi connectivity index (χ1n) is 7.17. The summed E-state index contributed by atoms with van der Waals surface area (Å²) in [6.45, 7) is 6.96. The van der Waals surface area contributed by atoms with Gasteiger partial charge in [0.25, 0.3) is 0 Å². The van der Waals surface area contributed by atoms with Crippen molar-refractivity contribution < 1.29 is 4.74 Å². The predicted octanol–water partition coefficient (Wildman–Crippen LogP) is 2.41. The van der Waals surface area contributed by atoms with Crippen LogP contribution < -0.4 is 5.73 Å². The number of nitrogens with zero attached hydrogens (tertiary/aromatic N) is 1. The summed E-state index contributed by atoms with van der Waals surface area (Å²) in [5.74, 6) is 0. The van der Waals surface area contributed by atoms with Crippen LogP contribution in [0, 0.1) is 13.8 Å². The molecule has 3 heteroatoms. The number of methoxy groups -OCH3 is 1. The van der Waals surface area contributed by atoms with Crippen molar-refractivity contribution in [3.8, 4) is 0 Å². The van der Waals surface area contributed by atoms with Crippen LogP contribution in [0.1, 0.15) is 35.6 Å². The van der Waals surface area contributed by atoms with Gasteiger partial charge in [0.2, 0.25) is 0 Å². The SMILES string of the molecule is COCCN(CC(N)c1cc(C)cc(C)c1)C1CC1. The molecular formula is C16H26N2O. The number of nitrogens with two attached hydrogens (primary N) is 1. The molecule has 1 atom stereocenters. The molecule has 1 fully saturated rings. The van der Waals surface area contributed by atoms with Crippen molar-refractivity contribution in [1.29, 1.82) is 0 Å². The Labute approximate surface area is 116 Å². The molecule has 3 nitrogen and oxygen atoms in total. The minimum absolute atomic E-state index is 0.0936. The molecule has 0 spiro atoms.